The lowest BCUT2D eigenvalue weighted by atomic mass is 10.1. The number of rotatable bonds is 3. The van der Waals surface area contributed by atoms with Crippen molar-refractivity contribution in [3.05, 3.63) is 35.6 Å². The molecule has 70 valence electrons. The van der Waals surface area contributed by atoms with E-state index < -0.39 is 17.8 Å². The molecule has 1 rings (SSSR count). The summed E-state index contributed by atoms with van der Waals surface area (Å²) in [7, 11) is 1.48. The van der Waals surface area contributed by atoms with Crippen LogP contribution in [0.4, 0.5) is 4.39 Å². The van der Waals surface area contributed by atoms with Crippen molar-refractivity contribution in [1.82, 2.24) is 5.32 Å². The molecule has 0 spiro atoms. The zero-order valence-electron chi connectivity index (χ0n) is 7.12. The van der Waals surface area contributed by atoms with Gasteiger partial charge in [0.25, 0.3) is 0 Å². The van der Waals surface area contributed by atoms with Crippen LogP contribution in [-0.4, -0.2) is 18.1 Å². The fourth-order valence-electron chi connectivity index (χ4n) is 1.12. The third-order valence-corrected chi connectivity index (χ3v) is 1.75. The number of carboxylic acids is 1. The van der Waals surface area contributed by atoms with E-state index in [2.05, 4.69) is 5.32 Å². The second-order valence-corrected chi connectivity index (χ2v) is 2.58. The molecule has 3 nitrogen and oxygen atoms in total. The van der Waals surface area contributed by atoms with E-state index >= 15 is 0 Å². The van der Waals surface area contributed by atoms with Crippen LogP contribution in [0.3, 0.4) is 0 Å². The lowest BCUT2D eigenvalue weighted by Gasteiger charge is -2.11. The Morgan fingerprint density at radius 3 is 2.62 bits per heavy atom. The van der Waals surface area contributed by atoms with Gasteiger partial charge in [0, 0.05) is 5.56 Å². The summed E-state index contributed by atoms with van der Waals surface area (Å²) in [6.07, 6.45) is 0. The van der Waals surface area contributed by atoms with Crippen LogP contribution in [0.15, 0.2) is 24.3 Å². The molecule has 4 heteroatoms. The number of carbonyl (C=O) groups is 1. The second kappa shape index (κ2) is 4.00. The van der Waals surface area contributed by atoms with E-state index in [0.717, 1.165) is 0 Å². The summed E-state index contributed by atoms with van der Waals surface area (Å²) in [6.45, 7) is 0. The van der Waals surface area contributed by atoms with Gasteiger partial charge in [0.1, 0.15) is 11.9 Å². The van der Waals surface area contributed by atoms with Crippen LogP contribution < -0.4 is 5.32 Å². The molecule has 13 heavy (non-hydrogen) atoms. The van der Waals surface area contributed by atoms with Crippen LogP contribution in [0, 0.1) is 5.82 Å². The molecule has 1 atom stereocenters. The Bertz CT molecular complexity index is 314. The molecule has 0 aliphatic carbocycles. The van der Waals surface area contributed by atoms with Crippen LogP contribution in [0.25, 0.3) is 0 Å². The van der Waals surface area contributed by atoms with Crippen molar-refractivity contribution in [3.8, 4) is 0 Å². The molecule has 0 saturated heterocycles. The number of hydrogen-bond donors (Lipinski definition) is 2. The smallest absolute Gasteiger partial charge is 0.325 e. The maximum atomic E-state index is 13.1. The van der Waals surface area contributed by atoms with Crippen LogP contribution in [0.5, 0.6) is 0 Å². The van der Waals surface area contributed by atoms with Gasteiger partial charge in [-0.2, -0.15) is 0 Å². The first-order chi connectivity index (χ1) is 6.16. The lowest BCUT2D eigenvalue weighted by Crippen LogP contribution is -2.25. The minimum Gasteiger partial charge on any atom is -0.480 e. The molecule has 0 bridgehead atoms. The van der Waals surface area contributed by atoms with Crippen LogP contribution in [0.1, 0.15) is 11.6 Å². The van der Waals surface area contributed by atoms with E-state index in [0.29, 0.717) is 0 Å². The summed E-state index contributed by atoms with van der Waals surface area (Å²) >= 11 is 0. The van der Waals surface area contributed by atoms with Gasteiger partial charge in [-0.25, -0.2) is 4.39 Å². The van der Waals surface area contributed by atoms with E-state index in [1.54, 1.807) is 6.07 Å². The minimum atomic E-state index is -1.09. The van der Waals surface area contributed by atoms with Crippen molar-refractivity contribution in [2.24, 2.45) is 0 Å². The van der Waals surface area contributed by atoms with E-state index in [1.807, 2.05) is 0 Å². The maximum Gasteiger partial charge on any atom is 0.325 e. The second-order valence-electron chi connectivity index (χ2n) is 2.58. The summed E-state index contributed by atoms with van der Waals surface area (Å²) in [5.41, 5.74) is 0.150. The average Bonchev–Trinajstić information content (AvgIpc) is 2.09. The first-order valence-corrected chi connectivity index (χ1v) is 3.81. The maximum absolute atomic E-state index is 13.1. The van der Waals surface area contributed by atoms with Gasteiger partial charge in [0.2, 0.25) is 0 Å². The normalized spacial score (nSPS) is 12.5. The Labute approximate surface area is 75.2 Å². The van der Waals surface area contributed by atoms with Gasteiger partial charge in [-0.1, -0.05) is 18.2 Å². The van der Waals surface area contributed by atoms with E-state index in [9.17, 15) is 9.18 Å². The number of benzene rings is 1. The van der Waals surface area contributed by atoms with Gasteiger partial charge in [0.15, 0.2) is 0 Å². The molecular formula is C9H10FNO2. The zero-order valence-corrected chi connectivity index (χ0v) is 7.12. The quantitative estimate of drug-likeness (QED) is 0.739. The van der Waals surface area contributed by atoms with Crippen LogP contribution in [0.2, 0.25) is 0 Å². The Kier molecular flexibility index (Phi) is 2.97. The SMILES string of the molecule is CN[C@H](C(=O)O)c1ccccc1F. The predicted octanol–water partition coefficient (Wildman–Crippen LogP) is 1.17. The first kappa shape index (κ1) is 9.67. The molecule has 1 aromatic rings. The monoisotopic (exact) mass is 183 g/mol. The van der Waals surface area contributed by atoms with Gasteiger partial charge >= 0.3 is 5.97 Å². The zero-order chi connectivity index (χ0) is 9.84. The van der Waals surface area contributed by atoms with E-state index in [1.165, 1.54) is 25.2 Å². The lowest BCUT2D eigenvalue weighted by molar-refractivity contribution is -0.139. The highest BCUT2D eigenvalue weighted by molar-refractivity contribution is 5.75. The molecule has 0 amide bonds. The number of hydrogen-bond acceptors (Lipinski definition) is 2. The highest BCUT2D eigenvalue weighted by Gasteiger charge is 2.19. The average molecular weight is 183 g/mol. The van der Waals surface area contributed by atoms with Crippen molar-refractivity contribution in [1.29, 1.82) is 0 Å². The van der Waals surface area contributed by atoms with Gasteiger partial charge < -0.3 is 10.4 Å². The molecule has 2 N–H and O–H groups in total. The third-order valence-electron chi connectivity index (χ3n) is 1.75. The largest absolute Gasteiger partial charge is 0.480 e. The molecule has 0 aliphatic heterocycles. The third kappa shape index (κ3) is 2.03. The predicted molar refractivity (Wildman–Crippen MR) is 45.8 cm³/mol. The van der Waals surface area contributed by atoms with E-state index in [-0.39, 0.29) is 5.56 Å². The standard InChI is InChI=1S/C9H10FNO2/c1-11-8(9(12)13)6-4-2-3-5-7(6)10/h2-5,8,11H,1H3,(H,12,13)/t8-/m0/s1. The summed E-state index contributed by atoms with van der Waals surface area (Å²) in [5, 5.41) is 11.2. The van der Waals surface area contributed by atoms with Crippen molar-refractivity contribution < 1.29 is 14.3 Å². The molecule has 0 saturated carbocycles. The van der Waals surface area contributed by atoms with Crippen molar-refractivity contribution >= 4 is 5.97 Å². The van der Waals surface area contributed by atoms with Gasteiger partial charge in [-0.3, -0.25) is 4.79 Å². The summed E-state index contributed by atoms with van der Waals surface area (Å²) in [6, 6.07) is 4.83. The molecule has 1 aromatic carbocycles. The number of carboxylic acid groups (broad SMARTS) is 1. The van der Waals surface area contributed by atoms with Crippen LogP contribution in [-0.2, 0) is 4.79 Å². The molecule has 0 aliphatic rings. The number of nitrogens with one attached hydrogen (secondary N) is 1. The fraction of sp³-hybridized carbons (Fsp3) is 0.222. The highest BCUT2D eigenvalue weighted by atomic mass is 19.1. The van der Waals surface area contributed by atoms with Crippen molar-refractivity contribution in [2.75, 3.05) is 7.05 Å². The number of halogens is 1. The van der Waals surface area contributed by atoms with E-state index in [4.69, 9.17) is 5.11 Å². The highest BCUT2D eigenvalue weighted by Crippen LogP contribution is 2.16. The Morgan fingerprint density at radius 2 is 2.15 bits per heavy atom. The summed E-state index contributed by atoms with van der Waals surface area (Å²) in [5.74, 6) is -1.60. The number of aliphatic carboxylic acids is 1. The molecule has 0 heterocycles. The van der Waals surface area contributed by atoms with Crippen molar-refractivity contribution in [3.63, 3.8) is 0 Å². The fourth-order valence-corrected chi connectivity index (χ4v) is 1.12. The minimum absolute atomic E-state index is 0.150. The molecular weight excluding hydrogens is 173 g/mol. The number of likely N-dealkylation sites (N-methyl/N-ethyl adjacent to an activating group) is 1. The molecule has 0 unspecified atom stereocenters. The topological polar surface area (TPSA) is 49.3 Å². The van der Waals surface area contributed by atoms with Gasteiger partial charge in [-0.15, -0.1) is 0 Å². The van der Waals surface area contributed by atoms with Crippen LogP contribution >= 0.6 is 0 Å². The molecule has 0 aromatic heterocycles. The van der Waals surface area contributed by atoms with Gasteiger partial charge in [0.05, 0.1) is 0 Å². The Morgan fingerprint density at radius 1 is 1.54 bits per heavy atom. The molecule has 0 radical (unpaired) electrons. The summed E-state index contributed by atoms with van der Waals surface area (Å²) in [4.78, 5) is 10.7. The first-order valence-electron chi connectivity index (χ1n) is 3.81. The van der Waals surface area contributed by atoms with Crippen molar-refractivity contribution in [2.45, 2.75) is 6.04 Å². The molecule has 0 fully saturated rings. The van der Waals surface area contributed by atoms with Gasteiger partial charge in [-0.05, 0) is 13.1 Å². The summed E-state index contributed by atoms with van der Waals surface area (Å²) < 4.78 is 13.1. The Hall–Kier alpha value is -1.42. The Balaban J connectivity index is 3.04.